The smallest absolute Gasteiger partial charge is 0.319 e. The van der Waals surface area contributed by atoms with Gasteiger partial charge in [-0.15, -0.1) is 0 Å². The lowest BCUT2D eigenvalue weighted by molar-refractivity contribution is 0.222. The van der Waals surface area contributed by atoms with Crippen molar-refractivity contribution in [3.05, 3.63) is 101 Å². The molecule has 1 aliphatic carbocycles. The molecule has 0 heterocycles. The molecule has 0 aliphatic heterocycles. The van der Waals surface area contributed by atoms with Gasteiger partial charge in [0.05, 0.1) is 12.1 Å². The number of hydrogen-bond donors (Lipinski definition) is 4. The molecule has 3 aromatic carbocycles. The summed E-state index contributed by atoms with van der Waals surface area (Å²) in [7, 11) is 0. The van der Waals surface area contributed by atoms with Crippen molar-refractivity contribution < 1.29 is 9.59 Å². The standard InChI is InChI=1S/C28H31ClN4O2/c29-22-15-10-18-24(19-22)31-28(35)33-26(21-13-6-2-7-14-21)25(20-11-4-1-5-12-20)32-27(34)30-23-16-8-3-9-17-23/h1-2,4-7,10-15,18-19,23,25-26H,3,8-9,16-17H2,(H2,30,32,34)(H2,31,33,35)/t25-,26+/m0/s1. The van der Waals surface area contributed by atoms with Gasteiger partial charge in [0.2, 0.25) is 0 Å². The van der Waals surface area contributed by atoms with Crippen LogP contribution in [0.15, 0.2) is 84.9 Å². The second-order valence-electron chi connectivity index (χ2n) is 8.84. The van der Waals surface area contributed by atoms with Gasteiger partial charge in [-0.25, -0.2) is 9.59 Å². The molecular weight excluding hydrogens is 460 g/mol. The van der Waals surface area contributed by atoms with E-state index in [0.717, 1.165) is 36.8 Å². The zero-order valence-corrected chi connectivity index (χ0v) is 20.3. The number of benzene rings is 3. The monoisotopic (exact) mass is 490 g/mol. The van der Waals surface area contributed by atoms with E-state index in [4.69, 9.17) is 11.6 Å². The molecule has 0 bridgehead atoms. The third-order valence-electron chi connectivity index (χ3n) is 6.25. The van der Waals surface area contributed by atoms with E-state index in [9.17, 15) is 9.59 Å². The number of urea groups is 2. The molecule has 1 saturated carbocycles. The van der Waals surface area contributed by atoms with Crippen LogP contribution in [0.4, 0.5) is 15.3 Å². The number of anilines is 1. The minimum Gasteiger partial charge on any atom is -0.335 e. The minimum absolute atomic E-state index is 0.175. The zero-order chi connectivity index (χ0) is 24.5. The second kappa shape index (κ2) is 12.3. The highest BCUT2D eigenvalue weighted by Gasteiger charge is 2.29. The first-order valence-electron chi connectivity index (χ1n) is 12.1. The molecule has 3 aromatic rings. The quantitative estimate of drug-likeness (QED) is 0.302. The van der Waals surface area contributed by atoms with Gasteiger partial charge >= 0.3 is 12.1 Å². The minimum atomic E-state index is -0.519. The highest BCUT2D eigenvalue weighted by Crippen LogP contribution is 2.29. The predicted octanol–water partition coefficient (Wildman–Crippen LogP) is 6.58. The highest BCUT2D eigenvalue weighted by molar-refractivity contribution is 6.30. The van der Waals surface area contributed by atoms with Gasteiger partial charge in [-0.3, -0.25) is 0 Å². The van der Waals surface area contributed by atoms with Gasteiger partial charge in [-0.05, 0) is 42.2 Å². The van der Waals surface area contributed by atoms with Crippen molar-refractivity contribution in [1.82, 2.24) is 16.0 Å². The molecule has 0 saturated heterocycles. The van der Waals surface area contributed by atoms with Crippen LogP contribution in [-0.4, -0.2) is 18.1 Å². The summed E-state index contributed by atoms with van der Waals surface area (Å²) in [6, 6.07) is 24.9. The molecule has 0 aromatic heterocycles. The van der Waals surface area contributed by atoms with Crippen LogP contribution < -0.4 is 21.3 Å². The van der Waals surface area contributed by atoms with Crippen LogP contribution in [0.5, 0.6) is 0 Å². The molecule has 182 valence electrons. The van der Waals surface area contributed by atoms with E-state index in [1.54, 1.807) is 24.3 Å². The second-order valence-corrected chi connectivity index (χ2v) is 9.27. The molecule has 2 atom stereocenters. The lowest BCUT2D eigenvalue weighted by atomic mass is 9.93. The van der Waals surface area contributed by atoms with E-state index >= 15 is 0 Å². The summed E-state index contributed by atoms with van der Waals surface area (Å²) in [5.41, 5.74) is 2.35. The van der Waals surface area contributed by atoms with E-state index in [-0.39, 0.29) is 12.1 Å². The maximum atomic E-state index is 13.1. The van der Waals surface area contributed by atoms with Crippen LogP contribution in [0.3, 0.4) is 0 Å². The summed E-state index contributed by atoms with van der Waals surface area (Å²) in [6.07, 6.45) is 5.46. The fraction of sp³-hybridized carbons (Fsp3) is 0.286. The fourth-order valence-electron chi connectivity index (χ4n) is 4.53. The first-order chi connectivity index (χ1) is 17.1. The van der Waals surface area contributed by atoms with Gasteiger partial charge in [0.15, 0.2) is 0 Å². The molecule has 1 fully saturated rings. The van der Waals surface area contributed by atoms with Crippen LogP contribution in [0.1, 0.15) is 55.3 Å². The number of halogens is 1. The molecule has 0 radical (unpaired) electrons. The molecule has 1 aliphatic rings. The number of rotatable bonds is 7. The van der Waals surface area contributed by atoms with E-state index in [0.29, 0.717) is 10.7 Å². The van der Waals surface area contributed by atoms with Gasteiger partial charge in [-0.1, -0.05) is 97.6 Å². The first-order valence-corrected chi connectivity index (χ1v) is 12.5. The van der Waals surface area contributed by atoms with Crippen molar-refractivity contribution in [3.63, 3.8) is 0 Å². The van der Waals surface area contributed by atoms with Gasteiger partial charge < -0.3 is 21.3 Å². The lowest BCUT2D eigenvalue weighted by Gasteiger charge is -2.31. The van der Waals surface area contributed by atoms with E-state index in [2.05, 4.69) is 21.3 Å². The van der Waals surface area contributed by atoms with Crippen LogP contribution in [0.2, 0.25) is 5.02 Å². The molecule has 0 spiro atoms. The predicted molar refractivity (Wildman–Crippen MR) is 141 cm³/mol. The summed E-state index contributed by atoms with van der Waals surface area (Å²) in [5.74, 6) is 0. The van der Waals surface area contributed by atoms with Crippen LogP contribution >= 0.6 is 11.6 Å². The summed E-state index contributed by atoms with van der Waals surface area (Å²) in [6.45, 7) is 0. The lowest BCUT2D eigenvalue weighted by Crippen LogP contribution is -2.48. The number of amides is 4. The van der Waals surface area contributed by atoms with Crippen molar-refractivity contribution >= 4 is 29.4 Å². The average Bonchev–Trinajstić information content (AvgIpc) is 2.88. The SMILES string of the molecule is O=C(Nc1cccc(Cl)c1)N[C@H](c1ccccc1)[C@@H](NC(=O)NC1CCCCC1)c1ccccc1. The molecule has 4 N–H and O–H groups in total. The van der Waals surface area contributed by atoms with E-state index in [1.165, 1.54) is 6.42 Å². The maximum Gasteiger partial charge on any atom is 0.319 e. The molecule has 35 heavy (non-hydrogen) atoms. The molecular formula is C28H31ClN4O2. The van der Waals surface area contributed by atoms with Crippen LogP contribution in [0.25, 0.3) is 0 Å². The Morgan fingerprint density at radius 1 is 0.714 bits per heavy atom. The molecule has 4 rings (SSSR count). The topological polar surface area (TPSA) is 82.3 Å². The summed E-state index contributed by atoms with van der Waals surface area (Å²) >= 11 is 6.07. The van der Waals surface area contributed by atoms with E-state index < -0.39 is 18.1 Å². The zero-order valence-electron chi connectivity index (χ0n) is 19.5. The normalized spacial score (nSPS) is 15.5. The fourth-order valence-corrected chi connectivity index (χ4v) is 4.72. The van der Waals surface area contributed by atoms with Crippen molar-refractivity contribution in [1.29, 1.82) is 0 Å². The van der Waals surface area contributed by atoms with Crippen molar-refractivity contribution in [2.45, 2.75) is 50.2 Å². The Bertz CT molecular complexity index is 1100. The van der Waals surface area contributed by atoms with Crippen molar-refractivity contribution in [2.24, 2.45) is 0 Å². The number of carbonyl (C=O) groups excluding carboxylic acids is 2. The van der Waals surface area contributed by atoms with Crippen molar-refractivity contribution in [2.75, 3.05) is 5.32 Å². The van der Waals surface area contributed by atoms with Gasteiger partial charge in [0.25, 0.3) is 0 Å². The average molecular weight is 491 g/mol. The Hall–Kier alpha value is -3.51. The van der Waals surface area contributed by atoms with Crippen LogP contribution in [-0.2, 0) is 0 Å². The summed E-state index contributed by atoms with van der Waals surface area (Å²) < 4.78 is 0. The summed E-state index contributed by atoms with van der Waals surface area (Å²) in [5, 5.41) is 12.7. The number of hydrogen-bond acceptors (Lipinski definition) is 2. The van der Waals surface area contributed by atoms with Crippen LogP contribution in [0, 0.1) is 0 Å². The Labute approximate surface area is 211 Å². The van der Waals surface area contributed by atoms with Gasteiger partial charge in [-0.2, -0.15) is 0 Å². The van der Waals surface area contributed by atoms with Gasteiger partial charge in [0.1, 0.15) is 0 Å². The summed E-state index contributed by atoms with van der Waals surface area (Å²) in [4.78, 5) is 26.1. The molecule has 6 nitrogen and oxygen atoms in total. The Kier molecular flexibility index (Phi) is 8.63. The Balaban J connectivity index is 1.58. The third kappa shape index (κ3) is 7.23. The highest BCUT2D eigenvalue weighted by atomic mass is 35.5. The molecule has 0 unspecified atom stereocenters. The van der Waals surface area contributed by atoms with Gasteiger partial charge in [0, 0.05) is 16.8 Å². The Morgan fingerprint density at radius 2 is 1.29 bits per heavy atom. The number of carbonyl (C=O) groups is 2. The third-order valence-corrected chi connectivity index (χ3v) is 6.48. The van der Waals surface area contributed by atoms with E-state index in [1.807, 2.05) is 60.7 Å². The number of nitrogens with one attached hydrogen (secondary N) is 4. The molecule has 7 heteroatoms. The maximum absolute atomic E-state index is 13.1. The largest absolute Gasteiger partial charge is 0.335 e. The van der Waals surface area contributed by atoms with Crippen molar-refractivity contribution in [3.8, 4) is 0 Å². The first kappa shape index (κ1) is 24.6. The molecule has 4 amide bonds. The Morgan fingerprint density at radius 3 is 1.86 bits per heavy atom.